The van der Waals surface area contributed by atoms with Gasteiger partial charge in [-0.15, -0.1) is 0 Å². The van der Waals surface area contributed by atoms with E-state index in [2.05, 4.69) is 69.2 Å². The molecule has 4 unspecified atom stereocenters. The maximum absolute atomic E-state index is 13.3. The maximum Gasteiger partial charge on any atom is 0.338 e. The highest BCUT2D eigenvalue weighted by atomic mass is 16.7. The summed E-state index contributed by atoms with van der Waals surface area (Å²) in [7, 11) is 5.47. The van der Waals surface area contributed by atoms with E-state index >= 15 is 0 Å². The second kappa shape index (κ2) is 20.1. The SMILES string of the molecule is CO[C@]12CC[C@](C)(O1)[C@@H](OC(=O)/C=C/c1cn(C)cn1)C[C@@H]1[C@H](/C=C\2COC2OCC(C)C(C)C2C)[C@@H](C(C)C)CC[C@@H]1C.Cn1cnc(/C=C/C(=O)OC(=O)C(C)(C)C)c1. The van der Waals surface area contributed by atoms with Crippen LogP contribution >= 0.6 is 0 Å². The Hall–Kier alpha value is -3.91. The summed E-state index contributed by atoms with van der Waals surface area (Å²) >= 11 is 0. The van der Waals surface area contributed by atoms with Crippen molar-refractivity contribution in [2.24, 2.45) is 66.9 Å². The molecule has 1 aliphatic carbocycles. The largest absolute Gasteiger partial charge is 0.456 e. The molecule has 11 atom stereocenters. The Labute approximate surface area is 363 Å². The fourth-order valence-electron chi connectivity index (χ4n) is 9.27. The number of aromatic nitrogens is 4. The van der Waals surface area contributed by atoms with Crippen LogP contribution in [0.15, 0.2) is 48.8 Å². The molecule has 2 saturated heterocycles. The van der Waals surface area contributed by atoms with E-state index in [0.29, 0.717) is 73.2 Å². The molecule has 0 N–H and O–H groups in total. The number of aryl methyl sites for hydroxylation is 2. The van der Waals surface area contributed by atoms with Crippen molar-refractivity contribution in [3.63, 3.8) is 0 Å². The highest BCUT2D eigenvalue weighted by Crippen LogP contribution is 2.53. The van der Waals surface area contributed by atoms with Gasteiger partial charge in [0.05, 0.1) is 42.7 Å². The molecule has 61 heavy (non-hydrogen) atoms. The minimum absolute atomic E-state index is 0.266. The van der Waals surface area contributed by atoms with E-state index in [4.69, 9.17) is 23.7 Å². The molecule has 5 heterocycles. The van der Waals surface area contributed by atoms with Crippen LogP contribution in [0.3, 0.4) is 0 Å². The summed E-state index contributed by atoms with van der Waals surface area (Å²) in [5.74, 6) is 0.911. The number of ether oxygens (including phenoxy) is 6. The Kier molecular flexibility index (Phi) is 15.8. The number of fused-ring (bicyclic) bond motifs is 3. The zero-order valence-corrected chi connectivity index (χ0v) is 38.9. The monoisotopic (exact) mass is 849 g/mol. The summed E-state index contributed by atoms with van der Waals surface area (Å²) in [6.07, 6.45) is 19.1. The van der Waals surface area contributed by atoms with E-state index in [0.717, 1.165) is 17.7 Å². The quantitative estimate of drug-likeness (QED) is 0.0986. The summed E-state index contributed by atoms with van der Waals surface area (Å²) in [4.78, 5) is 44.3. The fraction of sp³-hybridized carbons (Fsp3) is 0.688. The molecule has 3 fully saturated rings. The average molecular weight is 849 g/mol. The summed E-state index contributed by atoms with van der Waals surface area (Å²) in [6.45, 7) is 22.1. The van der Waals surface area contributed by atoms with E-state index in [1.165, 1.54) is 31.1 Å². The smallest absolute Gasteiger partial charge is 0.338 e. The summed E-state index contributed by atoms with van der Waals surface area (Å²) in [6, 6.07) is 0. The van der Waals surface area contributed by atoms with Gasteiger partial charge in [-0.3, -0.25) is 4.79 Å². The van der Waals surface area contributed by atoms with Crippen molar-refractivity contribution in [3.8, 4) is 0 Å². The van der Waals surface area contributed by atoms with Gasteiger partial charge in [-0.05, 0) is 101 Å². The number of carbonyl (C=O) groups is 3. The van der Waals surface area contributed by atoms with Crippen LogP contribution in [0.2, 0.25) is 0 Å². The molecule has 0 amide bonds. The van der Waals surface area contributed by atoms with Crippen molar-refractivity contribution in [2.75, 3.05) is 20.3 Å². The zero-order valence-electron chi connectivity index (χ0n) is 38.9. The van der Waals surface area contributed by atoms with Crippen LogP contribution in [-0.2, 0) is 56.9 Å². The first-order chi connectivity index (χ1) is 28.6. The predicted molar refractivity (Wildman–Crippen MR) is 233 cm³/mol. The number of methoxy groups -OCH3 is 1. The third-order valence-electron chi connectivity index (χ3n) is 13.6. The van der Waals surface area contributed by atoms with Crippen LogP contribution in [0.25, 0.3) is 12.2 Å². The van der Waals surface area contributed by atoms with Crippen molar-refractivity contribution in [1.29, 1.82) is 0 Å². The topological polar surface area (TPSA) is 142 Å². The van der Waals surface area contributed by atoms with Crippen LogP contribution in [0.4, 0.5) is 0 Å². The predicted octanol–water partition coefficient (Wildman–Crippen LogP) is 8.35. The summed E-state index contributed by atoms with van der Waals surface area (Å²) in [5, 5.41) is 0. The summed E-state index contributed by atoms with van der Waals surface area (Å²) in [5.41, 5.74) is 1.00. The Morgan fingerprint density at radius 1 is 0.918 bits per heavy atom. The van der Waals surface area contributed by atoms with Crippen molar-refractivity contribution in [1.82, 2.24) is 19.1 Å². The fourth-order valence-corrected chi connectivity index (χ4v) is 9.27. The molecule has 2 bridgehead atoms. The molecule has 2 aromatic heterocycles. The third-order valence-corrected chi connectivity index (χ3v) is 13.6. The molecule has 3 aliphatic heterocycles. The summed E-state index contributed by atoms with van der Waals surface area (Å²) < 4.78 is 40.8. The molecule has 0 aromatic carbocycles. The number of nitrogens with zero attached hydrogens (tertiary/aromatic N) is 4. The van der Waals surface area contributed by atoms with E-state index in [1.54, 1.807) is 57.4 Å². The van der Waals surface area contributed by atoms with E-state index in [1.807, 2.05) is 24.9 Å². The van der Waals surface area contributed by atoms with E-state index < -0.39 is 34.8 Å². The van der Waals surface area contributed by atoms with Crippen LogP contribution in [0.1, 0.15) is 113 Å². The number of hydrogen-bond donors (Lipinski definition) is 0. The van der Waals surface area contributed by atoms with Crippen LogP contribution in [0, 0.1) is 52.8 Å². The Bertz CT molecular complexity index is 1910. The molecule has 13 heteroatoms. The molecule has 2 aromatic rings. The lowest BCUT2D eigenvalue weighted by molar-refractivity contribution is -0.249. The van der Waals surface area contributed by atoms with Gasteiger partial charge >= 0.3 is 17.9 Å². The Morgan fingerprint density at radius 3 is 2.10 bits per heavy atom. The van der Waals surface area contributed by atoms with Gasteiger partial charge in [0.2, 0.25) is 0 Å². The molecule has 0 radical (unpaired) electrons. The number of imidazole rings is 2. The van der Waals surface area contributed by atoms with Crippen molar-refractivity contribution in [3.05, 3.63) is 60.2 Å². The van der Waals surface area contributed by atoms with Crippen molar-refractivity contribution < 1.29 is 42.8 Å². The first-order valence-electron chi connectivity index (χ1n) is 22.1. The lowest BCUT2D eigenvalue weighted by Gasteiger charge is -2.45. The van der Waals surface area contributed by atoms with Crippen molar-refractivity contribution >= 4 is 30.1 Å². The first-order valence-corrected chi connectivity index (χ1v) is 22.1. The molecular weight excluding hydrogens is 777 g/mol. The number of hydrogen-bond acceptors (Lipinski definition) is 11. The Balaban J connectivity index is 0.000000348. The maximum atomic E-state index is 13.3. The number of rotatable bonds is 10. The molecule has 13 nitrogen and oxygen atoms in total. The number of carbonyl (C=O) groups excluding carboxylic acids is 3. The molecular formula is C48H72N4O9. The van der Waals surface area contributed by atoms with Crippen molar-refractivity contribution in [2.45, 2.75) is 125 Å². The highest BCUT2D eigenvalue weighted by molar-refractivity contribution is 5.96. The molecule has 1 saturated carbocycles. The number of esters is 3. The van der Waals surface area contributed by atoms with Crippen LogP contribution in [-0.4, -0.2) is 81.1 Å². The van der Waals surface area contributed by atoms with Gasteiger partial charge in [0.1, 0.15) is 11.7 Å². The molecule has 0 spiro atoms. The van der Waals surface area contributed by atoms with Gasteiger partial charge in [-0.1, -0.05) is 54.0 Å². The molecule has 6 rings (SSSR count). The lowest BCUT2D eigenvalue weighted by atomic mass is 9.61. The second-order valence-electron chi connectivity index (χ2n) is 19.7. The molecule has 4 aliphatic rings. The minimum Gasteiger partial charge on any atom is -0.456 e. The highest BCUT2D eigenvalue weighted by Gasteiger charge is 2.57. The van der Waals surface area contributed by atoms with Gasteiger partial charge in [0.25, 0.3) is 0 Å². The number of allylic oxidation sites excluding steroid dienone is 1. The standard InChI is InChI=1S/C36H56N2O6.C12H16N2O3/c1-22(2)29-12-10-23(3)30-17-32(43-33(39)13-11-28-18-38(8)21-37-28)35(7)14-15-36(40-9,44-35)27(16-31(29)30)20-42-34-26(6)25(5)24(4)19-41-34;1-12(2,3)11(16)17-10(15)6-5-9-7-14(4)8-13-9/h11,13,16,18,21-26,29-32,34H,10,12,14-15,17,19-20H2,1-9H3;5-8H,1-4H3/b13-11+,27-16-;6-5+/t23-,24?,25?,26?,29+,30-,31+,32-,34?,35-,36+;/m0./s1. The molecule has 338 valence electrons. The first kappa shape index (κ1) is 48.1. The Morgan fingerprint density at radius 2 is 1.54 bits per heavy atom. The van der Waals surface area contributed by atoms with Crippen LogP contribution < -0.4 is 0 Å². The van der Waals surface area contributed by atoms with Gasteiger partial charge in [-0.2, -0.15) is 0 Å². The van der Waals surface area contributed by atoms with Gasteiger partial charge in [0, 0.05) is 63.7 Å². The van der Waals surface area contributed by atoms with E-state index in [-0.39, 0.29) is 18.2 Å². The minimum atomic E-state index is -0.947. The van der Waals surface area contributed by atoms with E-state index in [9.17, 15) is 14.4 Å². The van der Waals surface area contributed by atoms with Gasteiger partial charge in [0.15, 0.2) is 12.1 Å². The van der Waals surface area contributed by atoms with Gasteiger partial charge < -0.3 is 37.6 Å². The zero-order chi connectivity index (χ0) is 44.9. The average Bonchev–Trinajstić information content (AvgIpc) is 3.93. The van der Waals surface area contributed by atoms with Crippen LogP contribution in [0.5, 0.6) is 0 Å². The lowest BCUT2D eigenvalue weighted by Crippen LogP contribution is -2.47. The van der Waals surface area contributed by atoms with Gasteiger partial charge in [-0.25, -0.2) is 19.6 Å². The third kappa shape index (κ3) is 12.0. The normalized spacial score (nSPS) is 33.8. The second-order valence-corrected chi connectivity index (χ2v) is 19.7.